The normalized spacial score (nSPS) is 16.8. The second-order valence-electron chi connectivity index (χ2n) is 4.82. The quantitative estimate of drug-likeness (QED) is 0.863. The fourth-order valence-electron chi connectivity index (χ4n) is 2.33. The predicted molar refractivity (Wildman–Crippen MR) is 82.6 cm³/mol. The van der Waals surface area contributed by atoms with Crippen LogP contribution in [0.2, 0.25) is 10.0 Å². The fourth-order valence-corrected chi connectivity index (χ4v) is 2.85. The number of carbonyl (C=O) groups is 1. The van der Waals surface area contributed by atoms with Crippen molar-refractivity contribution in [2.24, 2.45) is 0 Å². The molecule has 0 saturated heterocycles. The SMILES string of the molecule is Cc1ccc2c(c1)C(Nc1cc(Cl)cc(Cl)c1)C(=O)N2. The molecular weight excluding hydrogens is 295 g/mol. The van der Waals surface area contributed by atoms with Gasteiger partial charge in [0.1, 0.15) is 6.04 Å². The van der Waals surface area contributed by atoms with Crippen LogP contribution in [-0.2, 0) is 4.79 Å². The molecule has 2 aromatic carbocycles. The van der Waals surface area contributed by atoms with Gasteiger partial charge in [-0.2, -0.15) is 0 Å². The summed E-state index contributed by atoms with van der Waals surface area (Å²) in [7, 11) is 0. The van der Waals surface area contributed by atoms with Gasteiger partial charge in [0, 0.05) is 27.0 Å². The van der Waals surface area contributed by atoms with Crippen LogP contribution in [0, 0.1) is 6.92 Å². The molecule has 102 valence electrons. The van der Waals surface area contributed by atoms with Gasteiger partial charge in [-0.15, -0.1) is 0 Å². The smallest absolute Gasteiger partial charge is 0.251 e. The van der Waals surface area contributed by atoms with Crippen molar-refractivity contribution in [2.45, 2.75) is 13.0 Å². The van der Waals surface area contributed by atoms with E-state index in [4.69, 9.17) is 23.2 Å². The molecular formula is C15H12Cl2N2O. The van der Waals surface area contributed by atoms with Crippen LogP contribution in [0.1, 0.15) is 17.2 Å². The van der Waals surface area contributed by atoms with Gasteiger partial charge >= 0.3 is 0 Å². The maximum Gasteiger partial charge on any atom is 0.251 e. The van der Waals surface area contributed by atoms with Crippen LogP contribution >= 0.6 is 23.2 Å². The Morgan fingerprint density at radius 2 is 1.80 bits per heavy atom. The molecule has 0 aliphatic carbocycles. The van der Waals surface area contributed by atoms with E-state index in [1.165, 1.54) is 0 Å². The minimum absolute atomic E-state index is 0.0818. The molecule has 1 aliphatic rings. The van der Waals surface area contributed by atoms with Crippen molar-refractivity contribution < 1.29 is 4.79 Å². The first-order chi connectivity index (χ1) is 9.52. The Labute approximate surface area is 126 Å². The van der Waals surface area contributed by atoms with Crippen LogP contribution in [0.4, 0.5) is 11.4 Å². The highest BCUT2D eigenvalue weighted by Gasteiger charge is 2.30. The van der Waals surface area contributed by atoms with Crippen LogP contribution in [0.3, 0.4) is 0 Å². The Kier molecular flexibility index (Phi) is 3.32. The zero-order chi connectivity index (χ0) is 14.3. The molecule has 1 atom stereocenters. The molecule has 0 saturated carbocycles. The zero-order valence-electron chi connectivity index (χ0n) is 10.7. The second kappa shape index (κ2) is 5.00. The number of carbonyl (C=O) groups excluding carboxylic acids is 1. The average molecular weight is 307 g/mol. The van der Waals surface area contributed by atoms with Crippen molar-refractivity contribution in [3.8, 4) is 0 Å². The van der Waals surface area contributed by atoms with E-state index in [-0.39, 0.29) is 5.91 Å². The van der Waals surface area contributed by atoms with Crippen LogP contribution in [0.5, 0.6) is 0 Å². The molecule has 0 aromatic heterocycles. The topological polar surface area (TPSA) is 41.1 Å². The molecule has 1 aliphatic heterocycles. The Morgan fingerprint density at radius 3 is 2.50 bits per heavy atom. The first-order valence-corrected chi connectivity index (χ1v) is 6.92. The van der Waals surface area contributed by atoms with E-state index >= 15 is 0 Å². The summed E-state index contributed by atoms with van der Waals surface area (Å²) in [6, 6.07) is 10.6. The van der Waals surface area contributed by atoms with Crippen LogP contribution in [0.15, 0.2) is 36.4 Å². The molecule has 1 heterocycles. The van der Waals surface area contributed by atoms with E-state index in [2.05, 4.69) is 10.6 Å². The third-order valence-electron chi connectivity index (χ3n) is 3.21. The molecule has 1 unspecified atom stereocenters. The van der Waals surface area contributed by atoms with E-state index in [1.54, 1.807) is 18.2 Å². The molecule has 1 amide bonds. The van der Waals surface area contributed by atoms with Gasteiger partial charge in [0.15, 0.2) is 0 Å². The molecule has 2 N–H and O–H groups in total. The number of rotatable bonds is 2. The van der Waals surface area contributed by atoms with Crippen molar-refractivity contribution in [3.63, 3.8) is 0 Å². The number of anilines is 2. The van der Waals surface area contributed by atoms with Gasteiger partial charge in [0.2, 0.25) is 0 Å². The first-order valence-electron chi connectivity index (χ1n) is 6.17. The van der Waals surface area contributed by atoms with Crippen LogP contribution in [0.25, 0.3) is 0 Å². The average Bonchev–Trinajstić information content (AvgIpc) is 2.65. The Morgan fingerprint density at radius 1 is 1.10 bits per heavy atom. The Hall–Kier alpha value is -1.71. The lowest BCUT2D eigenvalue weighted by Crippen LogP contribution is -2.19. The van der Waals surface area contributed by atoms with E-state index in [9.17, 15) is 4.79 Å². The molecule has 0 radical (unpaired) electrons. The van der Waals surface area contributed by atoms with Crippen molar-refractivity contribution in [3.05, 3.63) is 57.6 Å². The van der Waals surface area contributed by atoms with Crippen LogP contribution in [-0.4, -0.2) is 5.91 Å². The van der Waals surface area contributed by atoms with Crippen molar-refractivity contribution in [2.75, 3.05) is 10.6 Å². The zero-order valence-corrected chi connectivity index (χ0v) is 12.2. The minimum atomic E-state index is -0.431. The molecule has 20 heavy (non-hydrogen) atoms. The predicted octanol–water partition coefficient (Wildman–Crippen LogP) is 4.41. The summed E-state index contributed by atoms with van der Waals surface area (Å²) in [5.74, 6) is -0.0818. The largest absolute Gasteiger partial charge is 0.370 e. The Balaban J connectivity index is 1.95. The van der Waals surface area contributed by atoms with Gasteiger partial charge in [0.25, 0.3) is 5.91 Å². The fraction of sp³-hybridized carbons (Fsp3) is 0.133. The highest BCUT2D eigenvalue weighted by atomic mass is 35.5. The molecule has 2 aromatic rings. The number of amides is 1. The van der Waals surface area contributed by atoms with E-state index in [1.807, 2.05) is 25.1 Å². The lowest BCUT2D eigenvalue weighted by molar-refractivity contribution is -0.116. The summed E-state index contributed by atoms with van der Waals surface area (Å²) in [5.41, 5.74) is 3.60. The number of hydrogen-bond acceptors (Lipinski definition) is 2. The van der Waals surface area contributed by atoms with Gasteiger partial charge in [-0.3, -0.25) is 4.79 Å². The number of benzene rings is 2. The third-order valence-corrected chi connectivity index (χ3v) is 3.65. The van der Waals surface area contributed by atoms with Gasteiger partial charge in [-0.1, -0.05) is 40.9 Å². The molecule has 0 fully saturated rings. The van der Waals surface area contributed by atoms with Gasteiger partial charge in [0.05, 0.1) is 0 Å². The van der Waals surface area contributed by atoms with Crippen molar-refractivity contribution >= 4 is 40.5 Å². The van der Waals surface area contributed by atoms with Crippen LogP contribution < -0.4 is 10.6 Å². The summed E-state index contributed by atoms with van der Waals surface area (Å²) >= 11 is 11.9. The number of nitrogens with one attached hydrogen (secondary N) is 2. The standard InChI is InChI=1S/C15H12Cl2N2O/c1-8-2-3-13-12(4-8)14(15(20)19-13)18-11-6-9(16)5-10(17)7-11/h2-7,14,18H,1H3,(H,19,20). The van der Waals surface area contributed by atoms with E-state index in [0.29, 0.717) is 10.0 Å². The monoisotopic (exact) mass is 306 g/mol. The summed E-state index contributed by atoms with van der Waals surface area (Å²) in [6.07, 6.45) is 0. The minimum Gasteiger partial charge on any atom is -0.370 e. The second-order valence-corrected chi connectivity index (χ2v) is 5.69. The number of halogens is 2. The maximum absolute atomic E-state index is 12.1. The first kappa shape index (κ1) is 13.3. The van der Waals surface area contributed by atoms with Crippen molar-refractivity contribution in [1.82, 2.24) is 0 Å². The Bertz CT molecular complexity index is 680. The van der Waals surface area contributed by atoms with Crippen molar-refractivity contribution in [1.29, 1.82) is 0 Å². The summed E-state index contributed by atoms with van der Waals surface area (Å²) in [5, 5.41) is 7.09. The van der Waals surface area contributed by atoms with Gasteiger partial charge in [-0.05, 0) is 31.2 Å². The number of aryl methyl sites for hydroxylation is 1. The molecule has 5 heteroatoms. The number of hydrogen-bond donors (Lipinski definition) is 2. The highest BCUT2D eigenvalue weighted by molar-refractivity contribution is 6.35. The van der Waals surface area contributed by atoms with E-state index in [0.717, 1.165) is 22.5 Å². The lowest BCUT2D eigenvalue weighted by atomic mass is 10.1. The summed E-state index contributed by atoms with van der Waals surface area (Å²) in [4.78, 5) is 12.1. The molecule has 0 spiro atoms. The maximum atomic E-state index is 12.1. The summed E-state index contributed by atoms with van der Waals surface area (Å²) < 4.78 is 0. The van der Waals surface area contributed by atoms with Gasteiger partial charge in [-0.25, -0.2) is 0 Å². The number of fused-ring (bicyclic) bond motifs is 1. The van der Waals surface area contributed by atoms with Gasteiger partial charge < -0.3 is 10.6 Å². The molecule has 3 rings (SSSR count). The highest BCUT2D eigenvalue weighted by Crippen LogP contribution is 2.34. The summed E-state index contributed by atoms with van der Waals surface area (Å²) in [6.45, 7) is 2.00. The molecule has 0 bridgehead atoms. The van der Waals surface area contributed by atoms with E-state index < -0.39 is 6.04 Å². The third kappa shape index (κ3) is 2.47. The molecule has 3 nitrogen and oxygen atoms in total. The lowest BCUT2D eigenvalue weighted by Gasteiger charge is -2.14.